The summed E-state index contributed by atoms with van der Waals surface area (Å²) in [5, 5.41) is -0.360. The fourth-order valence-corrected chi connectivity index (χ4v) is 4.30. The summed E-state index contributed by atoms with van der Waals surface area (Å²) in [7, 11) is 0. The molecule has 1 heterocycles. The van der Waals surface area contributed by atoms with E-state index in [4.69, 9.17) is 17.3 Å². The quantitative estimate of drug-likeness (QED) is 0.570. The van der Waals surface area contributed by atoms with Crippen LogP contribution in [-0.2, 0) is 29.1 Å². The zero-order valence-corrected chi connectivity index (χ0v) is 17.3. The highest BCUT2D eigenvalue weighted by Crippen LogP contribution is 2.37. The van der Waals surface area contributed by atoms with Crippen LogP contribution in [0.4, 0.5) is 0 Å². The van der Waals surface area contributed by atoms with Crippen LogP contribution in [0.2, 0.25) is 0 Å². The van der Waals surface area contributed by atoms with Crippen molar-refractivity contribution in [2.75, 3.05) is 0 Å². The molecule has 0 radical (unpaired) electrons. The number of benzene rings is 3. The number of rotatable bonds is 7. The van der Waals surface area contributed by atoms with Crippen LogP contribution >= 0.6 is 11.6 Å². The minimum Gasteiger partial charge on any atom is -0.368 e. The van der Waals surface area contributed by atoms with Crippen molar-refractivity contribution in [2.45, 2.75) is 32.0 Å². The molecule has 1 aliphatic rings. The predicted octanol–water partition coefficient (Wildman–Crippen LogP) is 4.59. The van der Waals surface area contributed by atoms with Crippen molar-refractivity contribution in [3.8, 4) is 11.1 Å². The molecule has 3 aromatic rings. The molecule has 0 saturated carbocycles. The SMILES string of the molecule is NC(=O)C1c2cc(CCC(=O)Cl)ccc2CN1Cc1ccccc1-c1ccccc1. The lowest BCUT2D eigenvalue weighted by Crippen LogP contribution is -2.32. The standard InChI is InChI=1S/C25H23ClN2O2/c26-23(29)13-11-17-10-12-20-16-28(24(25(27)30)22(20)14-17)15-19-8-4-5-9-21(19)18-6-2-1-3-7-18/h1-10,12,14,24H,11,13,15-16H2,(H2,27,30). The molecule has 0 fully saturated rings. The van der Waals surface area contributed by atoms with E-state index in [9.17, 15) is 9.59 Å². The van der Waals surface area contributed by atoms with E-state index in [-0.39, 0.29) is 17.6 Å². The van der Waals surface area contributed by atoms with Gasteiger partial charge >= 0.3 is 0 Å². The van der Waals surface area contributed by atoms with Gasteiger partial charge in [-0.3, -0.25) is 14.5 Å². The molecule has 3 aromatic carbocycles. The van der Waals surface area contributed by atoms with Crippen molar-refractivity contribution >= 4 is 22.8 Å². The third-order valence-electron chi connectivity index (χ3n) is 5.60. The number of primary amides is 1. The fraction of sp³-hybridized carbons (Fsp3) is 0.200. The summed E-state index contributed by atoms with van der Waals surface area (Å²) < 4.78 is 0. The summed E-state index contributed by atoms with van der Waals surface area (Å²) in [5.74, 6) is -0.364. The van der Waals surface area contributed by atoms with Crippen LogP contribution in [0.1, 0.15) is 34.7 Å². The van der Waals surface area contributed by atoms with Gasteiger partial charge in [-0.15, -0.1) is 0 Å². The molecule has 4 rings (SSSR count). The van der Waals surface area contributed by atoms with Crippen LogP contribution in [0.3, 0.4) is 0 Å². The van der Waals surface area contributed by atoms with E-state index in [1.165, 1.54) is 0 Å². The number of halogens is 1. The zero-order chi connectivity index (χ0) is 21.1. The maximum Gasteiger partial charge on any atom is 0.239 e. The van der Waals surface area contributed by atoms with Gasteiger partial charge < -0.3 is 5.73 Å². The Balaban J connectivity index is 1.63. The first kappa shape index (κ1) is 20.3. The molecule has 30 heavy (non-hydrogen) atoms. The molecule has 0 aliphatic carbocycles. The van der Waals surface area contributed by atoms with Gasteiger partial charge in [-0.1, -0.05) is 72.8 Å². The number of carbonyl (C=O) groups is 2. The third-order valence-corrected chi connectivity index (χ3v) is 5.79. The molecule has 1 unspecified atom stereocenters. The van der Waals surface area contributed by atoms with Gasteiger partial charge in [-0.05, 0) is 51.4 Å². The Kier molecular flexibility index (Phi) is 5.98. The van der Waals surface area contributed by atoms with E-state index in [1.807, 2.05) is 48.5 Å². The van der Waals surface area contributed by atoms with Crippen LogP contribution in [0.15, 0.2) is 72.8 Å². The summed E-state index contributed by atoms with van der Waals surface area (Å²) in [6.07, 6.45) is 0.827. The van der Waals surface area contributed by atoms with Gasteiger partial charge in [0.2, 0.25) is 11.1 Å². The van der Waals surface area contributed by atoms with Crippen LogP contribution < -0.4 is 5.73 Å². The van der Waals surface area contributed by atoms with Crippen LogP contribution in [0, 0.1) is 0 Å². The Morgan fingerprint density at radius 3 is 2.47 bits per heavy atom. The van der Waals surface area contributed by atoms with E-state index >= 15 is 0 Å². The van der Waals surface area contributed by atoms with Crippen molar-refractivity contribution in [1.29, 1.82) is 0 Å². The van der Waals surface area contributed by atoms with Gasteiger partial charge in [0.15, 0.2) is 0 Å². The smallest absolute Gasteiger partial charge is 0.239 e. The average Bonchev–Trinajstić information content (AvgIpc) is 3.10. The summed E-state index contributed by atoms with van der Waals surface area (Å²) in [5.41, 5.74) is 12.3. The monoisotopic (exact) mass is 418 g/mol. The Morgan fingerprint density at radius 2 is 1.73 bits per heavy atom. The topological polar surface area (TPSA) is 63.4 Å². The molecule has 0 spiro atoms. The Hall–Kier alpha value is -2.95. The summed E-state index contributed by atoms with van der Waals surface area (Å²) in [4.78, 5) is 25.6. The maximum atomic E-state index is 12.4. The van der Waals surface area contributed by atoms with Gasteiger partial charge in [0.1, 0.15) is 6.04 Å². The molecule has 4 nitrogen and oxygen atoms in total. The van der Waals surface area contributed by atoms with E-state index in [0.717, 1.165) is 33.4 Å². The largest absolute Gasteiger partial charge is 0.368 e. The normalized spacial score (nSPS) is 15.7. The first-order valence-corrected chi connectivity index (χ1v) is 10.4. The number of amides is 1. The van der Waals surface area contributed by atoms with E-state index in [0.29, 0.717) is 19.5 Å². The van der Waals surface area contributed by atoms with E-state index < -0.39 is 6.04 Å². The second-order valence-electron chi connectivity index (χ2n) is 7.62. The summed E-state index contributed by atoms with van der Waals surface area (Å²) in [6.45, 7) is 1.27. The minimum absolute atomic E-state index is 0.274. The lowest BCUT2D eigenvalue weighted by molar-refractivity contribution is -0.123. The number of nitrogens with two attached hydrogens (primary N) is 1. The molecular formula is C25H23ClN2O2. The minimum atomic E-state index is -0.490. The van der Waals surface area contributed by atoms with Crippen LogP contribution in [0.5, 0.6) is 0 Å². The average molecular weight is 419 g/mol. The highest BCUT2D eigenvalue weighted by molar-refractivity contribution is 6.63. The molecule has 1 amide bonds. The molecular weight excluding hydrogens is 396 g/mol. The number of aryl methyl sites for hydroxylation is 1. The number of nitrogens with zero attached hydrogens (tertiary/aromatic N) is 1. The Bertz CT molecular complexity index is 1080. The van der Waals surface area contributed by atoms with Gasteiger partial charge in [-0.25, -0.2) is 0 Å². The first-order chi connectivity index (χ1) is 14.5. The molecule has 0 bridgehead atoms. The highest BCUT2D eigenvalue weighted by atomic mass is 35.5. The van der Waals surface area contributed by atoms with Crippen molar-refractivity contribution in [3.05, 3.63) is 95.1 Å². The number of hydrogen-bond donors (Lipinski definition) is 1. The van der Waals surface area contributed by atoms with Crippen molar-refractivity contribution in [3.63, 3.8) is 0 Å². The number of fused-ring (bicyclic) bond motifs is 1. The van der Waals surface area contributed by atoms with Crippen LogP contribution in [0.25, 0.3) is 11.1 Å². The zero-order valence-electron chi connectivity index (χ0n) is 16.6. The molecule has 0 saturated heterocycles. The maximum absolute atomic E-state index is 12.4. The Labute approximate surface area is 181 Å². The second kappa shape index (κ2) is 8.82. The van der Waals surface area contributed by atoms with Gasteiger partial charge in [0.25, 0.3) is 0 Å². The molecule has 1 atom stereocenters. The van der Waals surface area contributed by atoms with Crippen molar-refractivity contribution in [1.82, 2.24) is 4.90 Å². The lowest BCUT2D eigenvalue weighted by atomic mass is 9.98. The summed E-state index contributed by atoms with van der Waals surface area (Å²) in [6, 6.07) is 24.0. The summed E-state index contributed by atoms with van der Waals surface area (Å²) >= 11 is 5.48. The van der Waals surface area contributed by atoms with Gasteiger partial charge in [0.05, 0.1) is 0 Å². The van der Waals surface area contributed by atoms with Gasteiger partial charge in [-0.2, -0.15) is 0 Å². The fourth-order valence-electron chi connectivity index (χ4n) is 4.20. The van der Waals surface area contributed by atoms with E-state index in [1.54, 1.807) is 0 Å². The van der Waals surface area contributed by atoms with E-state index in [2.05, 4.69) is 29.2 Å². The molecule has 152 valence electrons. The van der Waals surface area contributed by atoms with Crippen LogP contribution in [-0.4, -0.2) is 16.0 Å². The molecule has 2 N–H and O–H groups in total. The van der Waals surface area contributed by atoms with Crippen molar-refractivity contribution < 1.29 is 9.59 Å². The number of hydrogen-bond acceptors (Lipinski definition) is 3. The third kappa shape index (κ3) is 4.30. The second-order valence-corrected chi connectivity index (χ2v) is 8.04. The van der Waals surface area contributed by atoms with Gasteiger partial charge in [0, 0.05) is 19.5 Å². The highest BCUT2D eigenvalue weighted by Gasteiger charge is 2.34. The number of carbonyl (C=O) groups excluding carboxylic acids is 2. The first-order valence-electron chi connectivity index (χ1n) is 9.99. The molecule has 1 aliphatic heterocycles. The van der Waals surface area contributed by atoms with Crippen molar-refractivity contribution in [2.24, 2.45) is 5.73 Å². The molecule has 5 heteroatoms. The Morgan fingerprint density at radius 1 is 1.00 bits per heavy atom. The lowest BCUT2D eigenvalue weighted by Gasteiger charge is -2.24. The predicted molar refractivity (Wildman–Crippen MR) is 119 cm³/mol. The molecule has 0 aromatic heterocycles.